The standard InChI is InChI=1S/C18H17BrN4OS/c1-24-17-8-3-2-7-16(17)22-18(25)21-15-6-4-5-13(9-15)11-23-12-14(19)10-20-23/h2-10,12H,11H2,1H3,(H2,21,22,25). The molecule has 3 rings (SSSR count). The highest BCUT2D eigenvalue weighted by Gasteiger charge is 2.05. The maximum atomic E-state index is 5.40. The fourth-order valence-electron chi connectivity index (χ4n) is 2.39. The number of ether oxygens (including phenoxy) is 1. The highest BCUT2D eigenvalue weighted by molar-refractivity contribution is 9.10. The van der Waals surface area contributed by atoms with E-state index < -0.39 is 0 Å². The van der Waals surface area contributed by atoms with Crippen LogP contribution in [0.5, 0.6) is 5.75 Å². The molecule has 0 spiro atoms. The second-order valence-electron chi connectivity index (χ2n) is 5.34. The third-order valence-electron chi connectivity index (χ3n) is 3.49. The summed E-state index contributed by atoms with van der Waals surface area (Å²) in [6, 6.07) is 15.7. The summed E-state index contributed by atoms with van der Waals surface area (Å²) in [5.41, 5.74) is 2.86. The Morgan fingerprint density at radius 1 is 1.20 bits per heavy atom. The first-order valence-electron chi connectivity index (χ1n) is 7.62. The summed E-state index contributed by atoms with van der Waals surface area (Å²) in [6.45, 7) is 0.688. The van der Waals surface area contributed by atoms with Crippen LogP contribution in [0.15, 0.2) is 65.4 Å². The lowest BCUT2D eigenvalue weighted by Gasteiger charge is -2.14. The van der Waals surface area contributed by atoms with E-state index in [1.807, 2.05) is 53.3 Å². The van der Waals surface area contributed by atoms with E-state index in [-0.39, 0.29) is 0 Å². The van der Waals surface area contributed by atoms with Crippen molar-refractivity contribution in [3.8, 4) is 5.75 Å². The van der Waals surface area contributed by atoms with Crippen molar-refractivity contribution < 1.29 is 4.74 Å². The summed E-state index contributed by atoms with van der Waals surface area (Å²) in [4.78, 5) is 0. The molecule has 2 aromatic carbocycles. The zero-order valence-electron chi connectivity index (χ0n) is 13.6. The van der Waals surface area contributed by atoms with Crippen LogP contribution < -0.4 is 15.4 Å². The highest BCUT2D eigenvalue weighted by atomic mass is 79.9. The van der Waals surface area contributed by atoms with Gasteiger partial charge in [0.25, 0.3) is 0 Å². The van der Waals surface area contributed by atoms with Crippen LogP contribution in [0.25, 0.3) is 0 Å². The average Bonchev–Trinajstić information content (AvgIpc) is 3.00. The molecule has 2 N–H and O–H groups in total. The van der Waals surface area contributed by atoms with E-state index in [4.69, 9.17) is 17.0 Å². The first-order chi connectivity index (χ1) is 12.1. The van der Waals surface area contributed by atoms with Crippen LogP contribution in [0.2, 0.25) is 0 Å². The minimum atomic E-state index is 0.503. The largest absolute Gasteiger partial charge is 0.495 e. The van der Waals surface area contributed by atoms with E-state index in [0.29, 0.717) is 11.7 Å². The van der Waals surface area contributed by atoms with Crippen molar-refractivity contribution in [3.63, 3.8) is 0 Å². The molecular formula is C18H17BrN4OS. The summed E-state index contributed by atoms with van der Waals surface area (Å²) in [7, 11) is 1.63. The van der Waals surface area contributed by atoms with Gasteiger partial charge in [-0.05, 0) is 58.0 Å². The molecule has 0 unspecified atom stereocenters. The predicted octanol–water partition coefficient (Wildman–Crippen LogP) is 4.51. The van der Waals surface area contributed by atoms with Crippen molar-refractivity contribution in [2.45, 2.75) is 6.54 Å². The molecule has 7 heteroatoms. The second kappa shape index (κ2) is 8.13. The molecule has 0 bridgehead atoms. The van der Waals surface area contributed by atoms with Gasteiger partial charge in [-0.1, -0.05) is 24.3 Å². The number of thiocarbonyl (C=S) groups is 1. The molecule has 1 aromatic heterocycles. The molecule has 3 aromatic rings. The van der Waals surface area contributed by atoms with Gasteiger partial charge in [0.15, 0.2) is 5.11 Å². The van der Waals surface area contributed by atoms with Crippen LogP contribution >= 0.6 is 28.1 Å². The van der Waals surface area contributed by atoms with Gasteiger partial charge in [0.05, 0.1) is 30.0 Å². The number of para-hydroxylation sites is 2. The molecule has 1 heterocycles. The van der Waals surface area contributed by atoms with Gasteiger partial charge in [-0.2, -0.15) is 5.10 Å². The lowest BCUT2D eigenvalue weighted by molar-refractivity contribution is 0.417. The molecular weight excluding hydrogens is 400 g/mol. The second-order valence-corrected chi connectivity index (χ2v) is 6.66. The third kappa shape index (κ3) is 4.80. The quantitative estimate of drug-likeness (QED) is 0.599. The SMILES string of the molecule is COc1ccccc1NC(=S)Nc1cccc(Cn2cc(Br)cn2)c1. The topological polar surface area (TPSA) is 51.1 Å². The lowest BCUT2D eigenvalue weighted by Crippen LogP contribution is -2.19. The van der Waals surface area contributed by atoms with Crippen LogP contribution in [-0.2, 0) is 6.54 Å². The van der Waals surface area contributed by atoms with Gasteiger partial charge in [-0.25, -0.2) is 0 Å². The molecule has 0 aliphatic heterocycles. The van der Waals surface area contributed by atoms with Crippen molar-refractivity contribution >= 4 is 44.6 Å². The minimum Gasteiger partial charge on any atom is -0.495 e. The Morgan fingerprint density at radius 2 is 2.04 bits per heavy atom. The monoisotopic (exact) mass is 416 g/mol. The van der Waals surface area contributed by atoms with Crippen molar-refractivity contribution in [1.29, 1.82) is 0 Å². The maximum Gasteiger partial charge on any atom is 0.175 e. The van der Waals surface area contributed by atoms with Gasteiger partial charge in [0.2, 0.25) is 0 Å². The van der Waals surface area contributed by atoms with Crippen molar-refractivity contribution in [2.75, 3.05) is 17.7 Å². The van der Waals surface area contributed by atoms with E-state index in [1.54, 1.807) is 13.3 Å². The molecule has 5 nitrogen and oxygen atoms in total. The Balaban J connectivity index is 1.66. The number of aromatic nitrogens is 2. The van der Waals surface area contributed by atoms with E-state index in [2.05, 4.69) is 37.7 Å². The van der Waals surface area contributed by atoms with Crippen molar-refractivity contribution in [2.24, 2.45) is 0 Å². The molecule has 0 aliphatic rings. The van der Waals surface area contributed by atoms with Gasteiger partial charge in [-0.15, -0.1) is 0 Å². The fourth-order valence-corrected chi connectivity index (χ4v) is 2.95. The number of rotatable bonds is 5. The van der Waals surface area contributed by atoms with Gasteiger partial charge < -0.3 is 15.4 Å². The number of benzene rings is 2. The van der Waals surface area contributed by atoms with E-state index in [0.717, 1.165) is 27.2 Å². The van der Waals surface area contributed by atoms with E-state index in [9.17, 15) is 0 Å². The number of nitrogens with zero attached hydrogens (tertiary/aromatic N) is 2. The normalized spacial score (nSPS) is 10.3. The summed E-state index contributed by atoms with van der Waals surface area (Å²) < 4.78 is 8.15. The van der Waals surface area contributed by atoms with Gasteiger partial charge in [0, 0.05) is 11.9 Å². The zero-order valence-corrected chi connectivity index (χ0v) is 16.0. The van der Waals surface area contributed by atoms with Crippen LogP contribution in [0, 0.1) is 0 Å². The van der Waals surface area contributed by atoms with Crippen LogP contribution in [-0.4, -0.2) is 22.0 Å². The average molecular weight is 417 g/mol. The minimum absolute atomic E-state index is 0.503. The molecule has 0 saturated heterocycles. The number of methoxy groups -OCH3 is 1. The van der Waals surface area contributed by atoms with Crippen LogP contribution in [0.4, 0.5) is 11.4 Å². The number of anilines is 2. The predicted molar refractivity (Wildman–Crippen MR) is 108 cm³/mol. The summed E-state index contributed by atoms with van der Waals surface area (Å²) >= 11 is 8.80. The first kappa shape index (κ1) is 17.4. The Morgan fingerprint density at radius 3 is 2.80 bits per heavy atom. The Bertz CT molecular complexity index is 881. The first-order valence-corrected chi connectivity index (χ1v) is 8.82. The number of halogens is 1. The zero-order chi connectivity index (χ0) is 17.6. The number of hydrogen-bond acceptors (Lipinski definition) is 3. The summed E-state index contributed by atoms with van der Waals surface area (Å²) in [5, 5.41) is 11.1. The lowest BCUT2D eigenvalue weighted by atomic mass is 10.2. The molecule has 0 amide bonds. The van der Waals surface area contributed by atoms with Gasteiger partial charge in [0.1, 0.15) is 5.75 Å². The van der Waals surface area contributed by atoms with Crippen LogP contribution in [0.3, 0.4) is 0 Å². The summed E-state index contributed by atoms with van der Waals surface area (Å²) in [5.74, 6) is 0.740. The fraction of sp³-hybridized carbons (Fsp3) is 0.111. The van der Waals surface area contributed by atoms with Gasteiger partial charge in [-0.3, -0.25) is 4.68 Å². The summed E-state index contributed by atoms with van der Waals surface area (Å²) in [6.07, 6.45) is 3.71. The highest BCUT2D eigenvalue weighted by Crippen LogP contribution is 2.23. The van der Waals surface area contributed by atoms with Crippen molar-refractivity contribution in [1.82, 2.24) is 9.78 Å². The molecule has 0 radical (unpaired) electrons. The molecule has 0 saturated carbocycles. The number of hydrogen-bond donors (Lipinski definition) is 2. The number of nitrogens with one attached hydrogen (secondary N) is 2. The third-order valence-corrected chi connectivity index (χ3v) is 4.10. The smallest absolute Gasteiger partial charge is 0.175 e. The Kier molecular flexibility index (Phi) is 5.67. The van der Waals surface area contributed by atoms with Gasteiger partial charge >= 0.3 is 0 Å². The van der Waals surface area contributed by atoms with Crippen molar-refractivity contribution in [3.05, 3.63) is 71.0 Å². The van der Waals surface area contributed by atoms with E-state index >= 15 is 0 Å². The molecule has 25 heavy (non-hydrogen) atoms. The molecule has 128 valence electrons. The van der Waals surface area contributed by atoms with E-state index in [1.165, 1.54) is 0 Å². The molecule has 0 aliphatic carbocycles. The Hall–Kier alpha value is -2.38. The van der Waals surface area contributed by atoms with Crippen LogP contribution in [0.1, 0.15) is 5.56 Å². The maximum absolute atomic E-state index is 5.40. The molecule has 0 fully saturated rings. The molecule has 0 atom stereocenters. The Labute approximate surface area is 160 Å².